The Morgan fingerprint density at radius 1 is 1.44 bits per heavy atom. The topological polar surface area (TPSA) is 42.3 Å². The lowest BCUT2D eigenvalue weighted by Crippen LogP contribution is -2.53. The van der Waals surface area contributed by atoms with E-state index < -0.39 is 5.54 Å². The van der Waals surface area contributed by atoms with Crippen molar-refractivity contribution in [2.24, 2.45) is 0 Å². The third kappa shape index (κ3) is 4.56. The predicted molar refractivity (Wildman–Crippen MR) is 75.4 cm³/mol. The van der Waals surface area contributed by atoms with Crippen molar-refractivity contribution in [3.8, 4) is 6.07 Å². The normalized spacial score (nSPS) is 25.9. The van der Waals surface area contributed by atoms with E-state index in [1.165, 1.54) is 0 Å². The molecule has 0 radical (unpaired) electrons. The fourth-order valence-electron chi connectivity index (χ4n) is 2.67. The summed E-state index contributed by atoms with van der Waals surface area (Å²) in [6.07, 6.45) is 0.885. The van der Waals surface area contributed by atoms with Gasteiger partial charge in [-0.3, -0.25) is 10.2 Å². The molecule has 0 aromatic rings. The Kier molecular flexibility index (Phi) is 5.58. The highest BCUT2D eigenvalue weighted by molar-refractivity contribution is 5.05. The quantitative estimate of drug-likeness (QED) is 0.801. The third-order valence-electron chi connectivity index (χ3n) is 3.72. The van der Waals surface area contributed by atoms with E-state index in [0.717, 1.165) is 32.6 Å². The van der Waals surface area contributed by atoms with Gasteiger partial charge >= 0.3 is 0 Å². The molecular weight excluding hydrogens is 224 g/mol. The van der Waals surface area contributed by atoms with Crippen LogP contribution < -0.4 is 5.32 Å². The van der Waals surface area contributed by atoms with E-state index in [-0.39, 0.29) is 0 Å². The van der Waals surface area contributed by atoms with Crippen LogP contribution in [0, 0.1) is 11.3 Å². The number of likely N-dealkylation sites (N-methyl/N-ethyl adjacent to an activating group) is 1. The highest BCUT2D eigenvalue weighted by Crippen LogP contribution is 2.14. The molecule has 1 saturated heterocycles. The Morgan fingerprint density at radius 2 is 2.11 bits per heavy atom. The average Bonchev–Trinajstić information content (AvgIpc) is 2.27. The molecule has 1 N–H and O–H groups in total. The van der Waals surface area contributed by atoms with Crippen molar-refractivity contribution < 1.29 is 0 Å². The summed E-state index contributed by atoms with van der Waals surface area (Å²) in [5.74, 6) is 0. The maximum Gasteiger partial charge on any atom is 0.105 e. The van der Waals surface area contributed by atoms with Gasteiger partial charge in [-0.05, 0) is 41.2 Å². The third-order valence-corrected chi connectivity index (χ3v) is 3.72. The summed E-state index contributed by atoms with van der Waals surface area (Å²) in [4.78, 5) is 4.87. The number of hydrogen-bond donors (Lipinski definition) is 1. The molecule has 1 heterocycles. The van der Waals surface area contributed by atoms with Crippen molar-refractivity contribution in [2.45, 2.75) is 51.7 Å². The second-order valence-corrected chi connectivity index (χ2v) is 6.14. The van der Waals surface area contributed by atoms with E-state index in [0.29, 0.717) is 12.1 Å². The minimum absolute atomic E-state index is 0.347. The molecule has 18 heavy (non-hydrogen) atoms. The molecule has 0 aliphatic carbocycles. The molecule has 0 aromatic carbocycles. The number of nitrogens with zero attached hydrogens (tertiary/aromatic N) is 3. The first-order valence-corrected chi connectivity index (χ1v) is 6.98. The second-order valence-electron chi connectivity index (χ2n) is 6.14. The first-order chi connectivity index (χ1) is 8.36. The van der Waals surface area contributed by atoms with Crippen molar-refractivity contribution in [2.75, 3.05) is 33.2 Å². The van der Waals surface area contributed by atoms with Gasteiger partial charge in [-0.1, -0.05) is 0 Å². The summed E-state index contributed by atoms with van der Waals surface area (Å²) >= 11 is 0. The molecule has 4 heteroatoms. The average molecular weight is 252 g/mol. The molecule has 4 nitrogen and oxygen atoms in total. The Morgan fingerprint density at radius 3 is 2.61 bits per heavy atom. The van der Waals surface area contributed by atoms with E-state index in [1.807, 2.05) is 6.92 Å². The van der Waals surface area contributed by atoms with Crippen molar-refractivity contribution in [3.05, 3.63) is 0 Å². The molecule has 0 bridgehead atoms. The van der Waals surface area contributed by atoms with E-state index in [4.69, 9.17) is 0 Å². The maximum atomic E-state index is 9.33. The van der Waals surface area contributed by atoms with Crippen LogP contribution in [0.3, 0.4) is 0 Å². The monoisotopic (exact) mass is 252 g/mol. The van der Waals surface area contributed by atoms with Gasteiger partial charge in [-0.2, -0.15) is 5.26 Å². The molecule has 0 aromatic heterocycles. The van der Waals surface area contributed by atoms with Gasteiger partial charge in [-0.25, -0.2) is 0 Å². The van der Waals surface area contributed by atoms with E-state index in [2.05, 4.69) is 49.0 Å². The Hall–Kier alpha value is -0.630. The van der Waals surface area contributed by atoms with Crippen molar-refractivity contribution in [1.29, 1.82) is 5.26 Å². The highest BCUT2D eigenvalue weighted by Gasteiger charge is 2.27. The van der Waals surface area contributed by atoms with Gasteiger partial charge in [0.25, 0.3) is 0 Å². The number of nitriles is 1. The Labute approximate surface area is 112 Å². The number of piperazine rings is 1. The summed E-state index contributed by atoms with van der Waals surface area (Å²) in [6.45, 7) is 12.8. The van der Waals surface area contributed by atoms with Gasteiger partial charge in [0.1, 0.15) is 5.54 Å². The molecule has 2 unspecified atom stereocenters. The van der Waals surface area contributed by atoms with Gasteiger partial charge in [-0.15, -0.1) is 0 Å². The molecule has 104 valence electrons. The molecule has 1 aliphatic rings. The molecule has 0 amide bonds. The van der Waals surface area contributed by atoms with Gasteiger partial charge in [0.2, 0.25) is 0 Å². The lowest BCUT2D eigenvalue weighted by Gasteiger charge is -2.39. The van der Waals surface area contributed by atoms with Gasteiger partial charge in [0, 0.05) is 38.3 Å². The fourth-order valence-corrected chi connectivity index (χ4v) is 2.67. The molecule has 1 aliphatic heterocycles. The number of hydrogen-bond acceptors (Lipinski definition) is 4. The van der Waals surface area contributed by atoms with Crippen LogP contribution in [0.5, 0.6) is 0 Å². The fraction of sp³-hybridized carbons (Fsp3) is 0.929. The molecular formula is C14H28N4. The van der Waals surface area contributed by atoms with Crippen LogP contribution in [0.25, 0.3) is 0 Å². The van der Waals surface area contributed by atoms with Crippen molar-refractivity contribution >= 4 is 0 Å². The summed E-state index contributed by atoms with van der Waals surface area (Å²) in [5, 5.41) is 12.7. The van der Waals surface area contributed by atoms with Crippen LogP contribution >= 0.6 is 0 Å². The van der Waals surface area contributed by atoms with Crippen LogP contribution in [-0.2, 0) is 0 Å². The van der Waals surface area contributed by atoms with Gasteiger partial charge in [0.05, 0.1) is 6.07 Å². The smallest absolute Gasteiger partial charge is 0.105 e. The molecule has 0 saturated carbocycles. The van der Waals surface area contributed by atoms with Crippen molar-refractivity contribution in [3.63, 3.8) is 0 Å². The van der Waals surface area contributed by atoms with Crippen molar-refractivity contribution in [1.82, 2.24) is 15.1 Å². The van der Waals surface area contributed by atoms with Gasteiger partial charge in [0.15, 0.2) is 0 Å². The zero-order valence-electron chi connectivity index (χ0n) is 12.5. The van der Waals surface area contributed by atoms with E-state index in [9.17, 15) is 5.26 Å². The summed E-state index contributed by atoms with van der Waals surface area (Å²) in [7, 11) is 2.17. The molecule has 1 rings (SSSR count). The standard InChI is InChI=1S/C14H28N4/c1-12(2)16-14(4,11-15)6-7-18-9-8-17(5)10-13(18)3/h12-13,16H,6-10H2,1-5H3. The van der Waals surface area contributed by atoms with E-state index >= 15 is 0 Å². The second kappa shape index (κ2) is 6.51. The number of nitrogens with one attached hydrogen (secondary N) is 1. The van der Waals surface area contributed by atoms with Crippen LogP contribution in [0.4, 0.5) is 0 Å². The lowest BCUT2D eigenvalue weighted by atomic mass is 9.97. The minimum Gasteiger partial charge on any atom is -0.304 e. The highest BCUT2D eigenvalue weighted by atomic mass is 15.3. The molecule has 1 fully saturated rings. The number of rotatable bonds is 5. The predicted octanol–water partition coefficient (Wildman–Crippen LogP) is 1.29. The summed E-state index contributed by atoms with van der Waals surface area (Å²) in [5.41, 5.74) is -0.406. The van der Waals surface area contributed by atoms with Crippen LogP contribution in [0.15, 0.2) is 0 Å². The molecule has 2 atom stereocenters. The summed E-state index contributed by atoms with van der Waals surface area (Å²) in [6, 6.07) is 3.36. The summed E-state index contributed by atoms with van der Waals surface area (Å²) < 4.78 is 0. The van der Waals surface area contributed by atoms with Crippen LogP contribution in [0.1, 0.15) is 34.1 Å². The van der Waals surface area contributed by atoms with Crippen LogP contribution in [-0.4, -0.2) is 60.6 Å². The zero-order valence-corrected chi connectivity index (χ0v) is 12.5. The SMILES string of the molecule is CC(C)NC(C)(C#N)CCN1CCN(C)CC1C. The molecule has 0 spiro atoms. The Balaban J connectivity index is 2.46. The van der Waals surface area contributed by atoms with E-state index in [1.54, 1.807) is 0 Å². The maximum absolute atomic E-state index is 9.33. The first kappa shape index (κ1) is 15.4. The van der Waals surface area contributed by atoms with Gasteiger partial charge < -0.3 is 4.90 Å². The minimum atomic E-state index is -0.406. The largest absolute Gasteiger partial charge is 0.304 e. The first-order valence-electron chi connectivity index (χ1n) is 6.98. The lowest BCUT2D eigenvalue weighted by molar-refractivity contribution is 0.0932. The van der Waals surface area contributed by atoms with Crippen LogP contribution in [0.2, 0.25) is 0 Å². The zero-order chi connectivity index (χ0) is 13.8. The Bertz CT molecular complexity index is 297.